The normalized spacial score (nSPS) is 14.8. The second-order valence-corrected chi connectivity index (χ2v) is 7.97. The van der Waals surface area contributed by atoms with Crippen molar-refractivity contribution >= 4 is 16.7 Å². The first kappa shape index (κ1) is 21.9. The minimum Gasteiger partial charge on any atom is -0.345 e. The van der Waals surface area contributed by atoms with Crippen LogP contribution < -0.4 is 16.3 Å². The van der Waals surface area contributed by atoms with E-state index < -0.39 is 35.8 Å². The van der Waals surface area contributed by atoms with Crippen LogP contribution in [0, 0.1) is 17.6 Å². The lowest BCUT2D eigenvalue weighted by Gasteiger charge is -2.35. The van der Waals surface area contributed by atoms with Crippen LogP contribution in [-0.4, -0.2) is 17.1 Å². The average Bonchev–Trinajstić information content (AvgIpc) is 2.73. The smallest absolute Gasteiger partial charge is 0.280 e. The van der Waals surface area contributed by atoms with Gasteiger partial charge in [0.05, 0.1) is 22.7 Å². The van der Waals surface area contributed by atoms with Gasteiger partial charge in [0.2, 0.25) is 0 Å². The first-order valence-corrected chi connectivity index (χ1v) is 10.7. The molecule has 0 saturated heterocycles. The van der Waals surface area contributed by atoms with Crippen LogP contribution in [0.2, 0.25) is 0 Å². The molecule has 8 heteroatoms. The number of hydrogen-bond acceptors (Lipinski definition) is 3. The molecule has 1 aliphatic carbocycles. The molecule has 3 aromatic rings. The number of hydrogen-bond donors (Lipinski definition) is 2. The number of rotatable bonds is 7. The highest BCUT2D eigenvalue weighted by molar-refractivity contribution is 6.08. The lowest BCUT2D eigenvalue weighted by atomic mass is 9.77. The first-order chi connectivity index (χ1) is 15.5. The van der Waals surface area contributed by atoms with Gasteiger partial charge in [-0.25, -0.2) is 17.8 Å². The summed E-state index contributed by atoms with van der Waals surface area (Å²) in [5.41, 5.74) is 2.28. The van der Waals surface area contributed by atoms with Gasteiger partial charge in [-0.3, -0.25) is 9.59 Å². The van der Waals surface area contributed by atoms with Gasteiger partial charge in [0.1, 0.15) is 18.3 Å². The topological polar surface area (TPSA) is 63.1 Å². The molecule has 1 aromatic heterocycles. The van der Waals surface area contributed by atoms with Crippen molar-refractivity contribution in [3.05, 3.63) is 81.3 Å². The maximum atomic E-state index is 14.6. The summed E-state index contributed by atoms with van der Waals surface area (Å²) >= 11 is 0. The van der Waals surface area contributed by atoms with E-state index in [-0.39, 0.29) is 34.5 Å². The van der Waals surface area contributed by atoms with Crippen molar-refractivity contribution in [3.63, 3.8) is 0 Å². The number of carbonyl (C=O) groups is 1. The third-order valence-electron chi connectivity index (χ3n) is 6.04. The fourth-order valence-electron chi connectivity index (χ4n) is 4.32. The van der Waals surface area contributed by atoms with Crippen LogP contribution in [0.5, 0.6) is 0 Å². The lowest BCUT2D eigenvalue weighted by molar-refractivity contribution is 0.0899. The molecular weight excluding hydrogens is 419 g/mol. The standard InChI is InChI=1S/C24H24F3N3O2/c1-2-28-30-19(13-25)21(17-10-5-11-18(27)20(17)24(30)32)23(31)29-22(14-6-3-7-14)15-8-4-9-16(26)12-15/h4-5,8-12,14,22,28H,2-3,6-7,13H2,1H3,(H,29,31). The molecule has 1 heterocycles. The maximum Gasteiger partial charge on any atom is 0.280 e. The molecule has 168 valence electrons. The Balaban J connectivity index is 1.86. The zero-order chi connectivity index (χ0) is 22.8. The Morgan fingerprint density at radius 2 is 1.94 bits per heavy atom. The molecular formula is C24H24F3N3O2. The molecule has 0 bridgehead atoms. The Hall–Kier alpha value is -3.29. The van der Waals surface area contributed by atoms with E-state index in [0.29, 0.717) is 5.56 Å². The zero-order valence-corrected chi connectivity index (χ0v) is 17.6. The Kier molecular flexibility index (Phi) is 6.21. The van der Waals surface area contributed by atoms with Crippen molar-refractivity contribution in [2.75, 3.05) is 12.0 Å². The summed E-state index contributed by atoms with van der Waals surface area (Å²) in [4.78, 5) is 26.4. The zero-order valence-electron chi connectivity index (χ0n) is 17.6. The molecule has 1 amide bonds. The van der Waals surface area contributed by atoms with E-state index in [0.717, 1.165) is 30.0 Å². The molecule has 1 unspecified atom stereocenters. The summed E-state index contributed by atoms with van der Waals surface area (Å²) in [6, 6.07) is 9.46. The second-order valence-electron chi connectivity index (χ2n) is 7.97. The third kappa shape index (κ3) is 3.85. The summed E-state index contributed by atoms with van der Waals surface area (Å²) < 4.78 is 43.5. The van der Waals surface area contributed by atoms with Crippen LogP contribution in [0.25, 0.3) is 10.8 Å². The highest BCUT2D eigenvalue weighted by Crippen LogP contribution is 2.38. The van der Waals surface area contributed by atoms with Crippen molar-refractivity contribution in [2.45, 2.75) is 38.9 Å². The average molecular weight is 443 g/mol. The number of fused-ring (bicyclic) bond motifs is 1. The molecule has 0 radical (unpaired) electrons. The van der Waals surface area contributed by atoms with E-state index >= 15 is 0 Å². The van der Waals surface area contributed by atoms with Gasteiger partial charge in [-0.2, -0.15) is 0 Å². The van der Waals surface area contributed by atoms with Gasteiger partial charge in [-0.15, -0.1) is 0 Å². The molecule has 32 heavy (non-hydrogen) atoms. The van der Waals surface area contributed by atoms with Gasteiger partial charge in [-0.05, 0) is 49.4 Å². The number of aromatic nitrogens is 1. The quantitative estimate of drug-likeness (QED) is 0.562. The van der Waals surface area contributed by atoms with E-state index in [1.54, 1.807) is 19.1 Å². The van der Waals surface area contributed by atoms with Crippen LogP contribution in [0.1, 0.15) is 53.8 Å². The minimum atomic E-state index is -1.11. The van der Waals surface area contributed by atoms with Crippen molar-refractivity contribution in [3.8, 4) is 0 Å². The highest BCUT2D eigenvalue weighted by Gasteiger charge is 2.32. The number of pyridine rings is 1. The van der Waals surface area contributed by atoms with Gasteiger partial charge < -0.3 is 10.7 Å². The van der Waals surface area contributed by atoms with E-state index in [9.17, 15) is 22.8 Å². The minimum absolute atomic E-state index is 0.0425. The van der Waals surface area contributed by atoms with E-state index in [2.05, 4.69) is 10.7 Å². The summed E-state index contributed by atoms with van der Waals surface area (Å²) in [5, 5.41) is 2.67. The van der Waals surface area contributed by atoms with Gasteiger partial charge >= 0.3 is 0 Å². The predicted octanol–water partition coefficient (Wildman–Crippen LogP) is 4.58. The largest absolute Gasteiger partial charge is 0.345 e. The summed E-state index contributed by atoms with van der Waals surface area (Å²) in [5.74, 6) is -1.74. The van der Waals surface area contributed by atoms with Crippen molar-refractivity contribution in [1.82, 2.24) is 9.99 Å². The van der Waals surface area contributed by atoms with Crippen LogP contribution in [0.4, 0.5) is 13.2 Å². The fraction of sp³-hybridized carbons (Fsp3) is 0.333. The second kappa shape index (κ2) is 9.06. The molecule has 0 spiro atoms. The monoisotopic (exact) mass is 443 g/mol. The Labute approximate surface area is 183 Å². The molecule has 1 aliphatic rings. The number of nitrogens with one attached hydrogen (secondary N) is 2. The molecule has 1 atom stereocenters. The maximum absolute atomic E-state index is 14.6. The van der Waals surface area contributed by atoms with Crippen molar-refractivity contribution < 1.29 is 18.0 Å². The molecule has 2 aromatic carbocycles. The molecule has 1 fully saturated rings. The summed E-state index contributed by atoms with van der Waals surface area (Å²) in [7, 11) is 0. The molecule has 1 saturated carbocycles. The third-order valence-corrected chi connectivity index (χ3v) is 6.04. The Bertz CT molecular complexity index is 1220. The van der Waals surface area contributed by atoms with Gasteiger partial charge in [-0.1, -0.05) is 30.7 Å². The summed E-state index contributed by atoms with van der Waals surface area (Å²) in [6.45, 7) is 0.865. The van der Waals surface area contributed by atoms with Crippen molar-refractivity contribution in [1.29, 1.82) is 0 Å². The van der Waals surface area contributed by atoms with Gasteiger partial charge in [0.15, 0.2) is 0 Å². The molecule has 0 aliphatic heterocycles. The number of amides is 1. The number of alkyl halides is 1. The fourth-order valence-corrected chi connectivity index (χ4v) is 4.32. The van der Waals surface area contributed by atoms with Crippen LogP contribution in [0.3, 0.4) is 0 Å². The van der Waals surface area contributed by atoms with Gasteiger partial charge in [0, 0.05) is 11.9 Å². The molecule has 5 nitrogen and oxygen atoms in total. The Morgan fingerprint density at radius 1 is 1.19 bits per heavy atom. The number of nitrogens with zero attached hydrogens (tertiary/aromatic N) is 1. The van der Waals surface area contributed by atoms with E-state index in [1.807, 2.05) is 0 Å². The summed E-state index contributed by atoms with van der Waals surface area (Å²) in [6.07, 6.45) is 2.73. The lowest BCUT2D eigenvalue weighted by Crippen LogP contribution is -2.39. The first-order valence-electron chi connectivity index (χ1n) is 10.7. The van der Waals surface area contributed by atoms with Crippen LogP contribution >= 0.6 is 0 Å². The Morgan fingerprint density at radius 3 is 2.56 bits per heavy atom. The predicted molar refractivity (Wildman–Crippen MR) is 117 cm³/mol. The number of benzene rings is 2. The van der Waals surface area contributed by atoms with Gasteiger partial charge in [0.25, 0.3) is 11.5 Å². The van der Waals surface area contributed by atoms with Crippen molar-refractivity contribution in [2.24, 2.45) is 5.92 Å². The van der Waals surface area contributed by atoms with Crippen LogP contribution in [-0.2, 0) is 6.67 Å². The highest BCUT2D eigenvalue weighted by atomic mass is 19.1. The van der Waals surface area contributed by atoms with E-state index in [1.165, 1.54) is 24.3 Å². The molecule has 2 N–H and O–H groups in total. The number of carbonyl (C=O) groups excluding carboxylic acids is 1. The van der Waals surface area contributed by atoms with Crippen LogP contribution in [0.15, 0.2) is 47.3 Å². The molecule has 4 rings (SSSR count). The SMILES string of the molecule is CCNn1c(CF)c(C(=O)NC(c2cccc(F)c2)C2CCC2)c2cccc(F)c2c1=O. The number of halogens is 3. The van der Waals surface area contributed by atoms with E-state index in [4.69, 9.17) is 0 Å².